The Morgan fingerprint density at radius 3 is 2.35 bits per heavy atom. The van der Waals surface area contributed by atoms with Crippen LogP contribution in [0.15, 0.2) is 0 Å². The molecule has 4 aliphatic rings. The van der Waals surface area contributed by atoms with Gasteiger partial charge >= 0.3 is 0 Å². The first-order chi connectivity index (χ1) is 15.2. The second-order valence-electron chi connectivity index (χ2n) is 9.45. The normalized spacial score (nSPS) is 26.6. The number of likely N-dealkylation sites (tertiary alicyclic amines) is 2. The number of amides is 2. The van der Waals surface area contributed by atoms with E-state index in [-0.39, 0.29) is 11.8 Å². The molecule has 1 atom stereocenters. The number of anilines is 2. The first kappa shape index (κ1) is 21.1. The van der Waals surface area contributed by atoms with Gasteiger partial charge in [-0.25, -0.2) is 0 Å². The number of aromatic nitrogens is 2. The largest absolute Gasteiger partial charge is 0.346 e. The molecule has 0 spiro atoms. The van der Waals surface area contributed by atoms with E-state index in [0.29, 0.717) is 30.0 Å². The molecule has 1 aromatic rings. The predicted octanol–water partition coefficient (Wildman–Crippen LogP) is 2.36. The van der Waals surface area contributed by atoms with Gasteiger partial charge in [0.25, 0.3) is 0 Å². The topological polar surface area (TPSA) is 72.9 Å². The van der Waals surface area contributed by atoms with Gasteiger partial charge < -0.3 is 14.7 Å². The first-order valence-corrected chi connectivity index (χ1v) is 12.9. The molecule has 0 N–H and O–H groups in total. The summed E-state index contributed by atoms with van der Waals surface area (Å²) in [6.07, 6.45) is 9.71. The van der Waals surface area contributed by atoms with Crippen molar-refractivity contribution in [1.82, 2.24) is 20.0 Å². The van der Waals surface area contributed by atoms with E-state index < -0.39 is 0 Å². The van der Waals surface area contributed by atoms with Crippen LogP contribution in [0.1, 0.15) is 57.8 Å². The van der Waals surface area contributed by atoms with Gasteiger partial charge in [0.2, 0.25) is 22.1 Å². The van der Waals surface area contributed by atoms with E-state index in [0.717, 1.165) is 63.4 Å². The Balaban J connectivity index is 1.16. The monoisotopic (exact) mass is 446 g/mol. The van der Waals surface area contributed by atoms with Crippen LogP contribution in [0.3, 0.4) is 0 Å². The number of rotatable bonds is 4. The second-order valence-corrected chi connectivity index (χ2v) is 10.4. The van der Waals surface area contributed by atoms with Crippen LogP contribution in [-0.2, 0) is 9.59 Å². The van der Waals surface area contributed by atoms with Crippen molar-refractivity contribution in [2.24, 2.45) is 5.92 Å². The average Bonchev–Trinajstić information content (AvgIpc) is 3.48. The maximum Gasteiger partial charge on any atom is 0.228 e. The zero-order valence-electron chi connectivity index (χ0n) is 18.4. The molecule has 170 valence electrons. The number of carbonyl (C=O) groups excluding carboxylic acids is 2. The summed E-state index contributed by atoms with van der Waals surface area (Å²) in [5.74, 6) is 0.504. The minimum atomic E-state index is 0.0426. The molecule has 2 amide bonds. The summed E-state index contributed by atoms with van der Waals surface area (Å²) >= 11 is 1.48. The fraction of sp³-hybridized carbons (Fsp3) is 0.818. The van der Waals surface area contributed by atoms with Crippen LogP contribution in [0.2, 0.25) is 0 Å². The quantitative estimate of drug-likeness (QED) is 0.707. The Morgan fingerprint density at radius 1 is 0.839 bits per heavy atom. The summed E-state index contributed by atoms with van der Waals surface area (Å²) in [4.78, 5) is 34.0. The summed E-state index contributed by atoms with van der Waals surface area (Å²) < 4.78 is 0. The molecule has 4 saturated heterocycles. The highest BCUT2D eigenvalue weighted by Gasteiger charge is 2.34. The van der Waals surface area contributed by atoms with Crippen LogP contribution < -0.4 is 9.80 Å². The Morgan fingerprint density at radius 2 is 1.61 bits per heavy atom. The van der Waals surface area contributed by atoms with Gasteiger partial charge in [-0.05, 0) is 58.0 Å². The average molecular weight is 447 g/mol. The van der Waals surface area contributed by atoms with Crippen LogP contribution in [0.5, 0.6) is 0 Å². The Hall–Kier alpha value is -1.74. The molecule has 1 unspecified atom stereocenters. The van der Waals surface area contributed by atoms with E-state index in [4.69, 9.17) is 0 Å². The number of piperidine rings is 3. The van der Waals surface area contributed by atoms with E-state index in [1.807, 2.05) is 0 Å². The molecule has 4 fully saturated rings. The van der Waals surface area contributed by atoms with Crippen LogP contribution in [0.25, 0.3) is 0 Å². The molecule has 8 nitrogen and oxygen atoms in total. The third-order valence-electron chi connectivity index (χ3n) is 7.43. The highest BCUT2D eigenvalue weighted by Crippen LogP contribution is 2.33. The van der Waals surface area contributed by atoms with Crippen LogP contribution >= 0.6 is 11.3 Å². The molecule has 9 heteroatoms. The van der Waals surface area contributed by atoms with E-state index in [2.05, 4.69) is 24.9 Å². The molecule has 4 aliphatic heterocycles. The lowest BCUT2D eigenvalue weighted by molar-refractivity contribution is -0.137. The van der Waals surface area contributed by atoms with Crippen molar-refractivity contribution in [2.75, 3.05) is 55.6 Å². The van der Waals surface area contributed by atoms with Gasteiger partial charge in [0.15, 0.2) is 0 Å². The molecule has 0 aliphatic carbocycles. The molecule has 31 heavy (non-hydrogen) atoms. The summed E-state index contributed by atoms with van der Waals surface area (Å²) in [5, 5.41) is 10.2. The minimum absolute atomic E-state index is 0.0426. The third kappa shape index (κ3) is 4.58. The molecule has 0 bridgehead atoms. The molecule has 1 aromatic heterocycles. The van der Waals surface area contributed by atoms with Crippen molar-refractivity contribution in [3.05, 3.63) is 0 Å². The Labute approximate surface area is 188 Å². The molecule has 5 rings (SSSR count). The van der Waals surface area contributed by atoms with Gasteiger partial charge in [0.05, 0.1) is 5.92 Å². The molecular formula is C22H34N6O2S. The van der Waals surface area contributed by atoms with Crippen molar-refractivity contribution in [3.8, 4) is 0 Å². The minimum Gasteiger partial charge on any atom is -0.346 e. The summed E-state index contributed by atoms with van der Waals surface area (Å²) in [7, 11) is 0. The van der Waals surface area contributed by atoms with Gasteiger partial charge in [-0.1, -0.05) is 17.8 Å². The lowest BCUT2D eigenvalue weighted by atomic mass is 9.94. The molecule has 0 radical (unpaired) electrons. The molecule has 5 heterocycles. The predicted molar refractivity (Wildman–Crippen MR) is 121 cm³/mol. The highest BCUT2D eigenvalue weighted by atomic mass is 32.1. The number of carbonyl (C=O) groups is 2. The maximum atomic E-state index is 13.3. The second kappa shape index (κ2) is 9.40. The summed E-state index contributed by atoms with van der Waals surface area (Å²) in [6.45, 7) is 6.64. The Kier molecular flexibility index (Phi) is 6.41. The first-order valence-electron chi connectivity index (χ1n) is 12.1. The zero-order valence-corrected chi connectivity index (χ0v) is 19.2. The summed E-state index contributed by atoms with van der Waals surface area (Å²) in [5.41, 5.74) is 0. The van der Waals surface area contributed by atoms with E-state index in [9.17, 15) is 9.59 Å². The molecule has 0 saturated carbocycles. The van der Waals surface area contributed by atoms with Gasteiger partial charge in [0.1, 0.15) is 0 Å². The number of hydrogen-bond acceptors (Lipinski definition) is 7. The Bertz CT molecular complexity index is 787. The van der Waals surface area contributed by atoms with Crippen molar-refractivity contribution in [3.63, 3.8) is 0 Å². The number of nitrogens with zero attached hydrogens (tertiary/aromatic N) is 6. The SMILES string of the molecule is O=C(C1CCCN(c2nnc(N3CCCC3=O)s2)C1)N1CCC(N2CCCCC2)CC1. The summed E-state index contributed by atoms with van der Waals surface area (Å²) in [6, 6.07) is 0.667. The van der Waals surface area contributed by atoms with Crippen LogP contribution in [0, 0.1) is 5.92 Å². The zero-order chi connectivity index (χ0) is 21.2. The van der Waals surface area contributed by atoms with Crippen molar-refractivity contribution in [2.45, 2.75) is 63.8 Å². The van der Waals surface area contributed by atoms with Gasteiger partial charge in [-0.2, -0.15) is 0 Å². The van der Waals surface area contributed by atoms with Gasteiger partial charge in [0, 0.05) is 45.2 Å². The van der Waals surface area contributed by atoms with E-state index in [1.54, 1.807) is 4.90 Å². The molecule has 0 aromatic carbocycles. The van der Waals surface area contributed by atoms with Crippen LogP contribution in [0.4, 0.5) is 10.3 Å². The molecular weight excluding hydrogens is 412 g/mol. The van der Waals surface area contributed by atoms with Crippen molar-refractivity contribution >= 4 is 33.4 Å². The van der Waals surface area contributed by atoms with Crippen LogP contribution in [-0.4, -0.2) is 83.7 Å². The van der Waals surface area contributed by atoms with Crippen molar-refractivity contribution < 1.29 is 9.59 Å². The lowest BCUT2D eigenvalue weighted by Gasteiger charge is -2.42. The third-order valence-corrected chi connectivity index (χ3v) is 8.44. The van der Waals surface area contributed by atoms with E-state index in [1.165, 1.54) is 43.7 Å². The van der Waals surface area contributed by atoms with Gasteiger partial charge in [-0.15, -0.1) is 10.2 Å². The number of hydrogen-bond donors (Lipinski definition) is 0. The van der Waals surface area contributed by atoms with Crippen molar-refractivity contribution in [1.29, 1.82) is 0 Å². The highest BCUT2D eigenvalue weighted by molar-refractivity contribution is 7.19. The smallest absolute Gasteiger partial charge is 0.228 e. The lowest BCUT2D eigenvalue weighted by Crippen LogP contribution is -2.51. The van der Waals surface area contributed by atoms with Gasteiger partial charge in [-0.3, -0.25) is 14.5 Å². The fourth-order valence-corrected chi connectivity index (χ4v) is 6.57. The standard InChI is InChI=1S/C22H34N6O2S/c29-19-7-5-13-28(19)22-24-23-21(31-22)27-12-4-6-17(16-27)20(30)26-14-8-18(9-15-26)25-10-2-1-3-11-25/h17-18H,1-16H2. The fourth-order valence-electron chi connectivity index (χ4n) is 5.64. The van der Waals surface area contributed by atoms with E-state index >= 15 is 0 Å². The maximum absolute atomic E-state index is 13.3.